The van der Waals surface area contributed by atoms with E-state index in [9.17, 15) is 14.7 Å². The lowest BCUT2D eigenvalue weighted by Crippen LogP contribution is -2.46. The summed E-state index contributed by atoms with van der Waals surface area (Å²) in [7, 11) is 0. The van der Waals surface area contributed by atoms with E-state index in [-0.39, 0.29) is 23.8 Å². The van der Waals surface area contributed by atoms with Crippen LogP contribution in [0, 0.1) is 11.3 Å². The molecule has 0 saturated heterocycles. The molecule has 4 heteroatoms. The van der Waals surface area contributed by atoms with Gasteiger partial charge >= 0.3 is 5.97 Å². The van der Waals surface area contributed by atoms with Crippen molar-refractivity contribution in [1.82, 2.24) is 5.32 Å². The lowest BCUT2D eigenvalue weighted by atomic mass is 9.76. The molecule has 0 aromatic carbocycles. The van der Waals surface area contributed by atoms with Gasteiger partial charge in [-0.15, -0.1) is 0 Å². The fraction of sp³-hybridized carbons (Fsp3) is 0.846. The molecule has 4 nitrogen and oxygen atoms in total. The third-order valence-electron chi connectivity index (χ3n) is 3.65. The zero-order chi connectivity index (χ0) is 13.9. The van der Waals surface area contributed by atoms with Gasteiger partial charge in [0.2, 0.25) is 5.91 Å². The maximum atomic E-state index is 11.9. The minimum atomic E-state index is -1.01. The summed E-state index contributed by atoms with van der Waals surface area (Å²) in [6.07, 6.45) is 0.827. The highest BCUT2D eigenvalue weighted by Gasteiger charge is 2.39. The molecule has 0 heterocycles. The third-order valence-corrected chi connectivity index (χ3v) is 3.65. The second-order valence-electron chi connectivity index (χ2n) is 5.84. The Labute approximate surface area is 104 Å². The molecule has 17 heavy (non-hydrogen) atoms. The molecule has 0 aromatic heterocycles. The number of hydrogen-bond donors (Lipinski definition) is 2. The van der Waals surface area contributed by atoms with Gasteiger partial charge in [0.1, 0.15) is 0 Å². The summed E-state index contributed by atoms with van der Waals surface area (Å²) in [6, 6.07) is 0. The molecule has 0 aliphatic rings. The van der Waals surface area contributed by atoms with Crippen LogP contribution in [-0.2, 0) is 9.59 Å². The van der Waals surface area contributed by atoms with Gasteiger partial charge in [0, 0.05) is 12.0 Å². The average molecular weight is 243 g/mol. The molecule has 0 bridgehead atoms. The molecule has 0 radical (unpaired) electrons. The molecule has 2 N–H and O–H groups in total. The van der Waals surface area contributed by atoms with E-state index in [1.165, 1.54) is 0 Å². The second kappa shape index (κ2) is 5.52. The Bertz CT molecular complexity index is 297. The van der Waals surface area contributed by atoms with Crippen LogP contribution < -0.4 is 5.32 Å². The van der Waals surface area contributed by atoms with Gasteiger partial charge in [0.05, 0.1) is 5.41 Å². The normalized spacial score (nSPS) is 15.5. The minimum Gasteiger partial charge on any atom is -0.481 e. The Kier molecular flexibility index (Phi) is 5.17. The van der Waals surface area contributed by atoms with Crippen LogP contribution in [0.5, 0.6) is 0 Å². The fourth-order valence-corrected chi connectivity index (χ4v) is 1.37. The van der Waals surface area contributed by atoms with Crippen LogP contribution in [-0.4, -0.2) is 22.5 Å². The van der Waals surface area contributed by atoms with Crippen molar-refractivity contribution in [1.29, 1.82) is 0 Å². The van der Waals surface area contributed by atoms with Crippen molar-refractivity contribution >= 4 is 11.9 Å². The van der Waals surface area contributed by atoms with Crippen molar-refractivity contribution in [2.24, 2.45) is 11.3 Å². The Morgan fingerprint density at radius 1 is 1.24 bits per heavy atom. The molecular formula is C13H25NO3. The molecule has 1 amide bonds. The predicted molar refractivity (Wildman–Crippen MR) is 67.7 cm³/mol. The monoisotopic (exact) mass is 243 g/mol. The molecule has 0 rings (SSSR count). The summed E-state index contributed by atoms with van der Waals surface area (Å²) in [4.78, 5) is 23.1. The van der Waals surface area contributed by atoms with Crippen LogP contribution in [0.4, 0.5) is 0 Å². The van der Waals surface area contributed by atoms with E-state index in [0.29, 0.717) is 0 Å². The van der Waals surface area contributed by atoms with E-state index in [1.54, 1.807) is 6.92 Å². The van der Waals surface area contributed by atoms with Crippen molar-refractivity contribution in [3.8, 4) is 0 Å². The van der Waals surface area contributed by atoms with Gasteiger partial charge in [-0.1, -0.05) is 20.8 Å². The molecular weight excluding hydrogens is 218 g/mol. The summed E-state index contributed by atoms with van der Waals surface area (Å²) in [6.45, 7) is 11.1. The van der Waals surface area contributed by atoms with Gasteiger partial charge < -0.3 is 10.4 Å². The largest absolute Gasteiger partial charge is 0.481 e. The number of carbonyl (C=O) groups excluding carboxylic acids is 1. The summed E-state index contributed by atoms with van der Waals surface area (Å²) in [5, 5.41) is 12.1. The zero-order valence-electron chi connectivity index (χ0n) is 11.8. The first-order valence-electron chi connectivity index (χ1n) is 6.09. The van der Waals surface area contributed by atoms with Crippen molar-refractivity contribution in [2.45, 2.75) is 59.9 Å². The van der Waals surface area contributed by atoms with Crippen LogP contribution in [0.2, 0.25) is 0 Å². The number of amides is 1. The molecule has 0 aliphatic heterocycles. The van der Waals surface area contributed by atoms with E-state index in [0.717, 1.165) is 6.42 Å². The smallest absolute Gasteiger partial charge is 0.310 e. The van der Waals surface area contributed by atoms with Crippen molar-refractivity contribution in [3.05, 3.63) is 0 Å². The Balaban J connectivity index is 4.71. The number of carboxylic acid groups (broad SMARTS) is 1. The summed E-state index contributed by atoms with van der Waals surface area (Å²) in [5.74, 6) is -1.21. The standard InChI is InChI=1S/C13H25NO3/c1-7-12(4,5)14-10(15)8-13(6,9(2)3)11(16)17/h9H,7-8H2,1-6H3,(H,14,15)(H,16,17). The van der Waals surface area contributed by atoms with Crippen LogP contribution in [0.15, 0.2) is 0 Å². The van der Waals surface area contributed by atoms with Gasteiger partial charge in [-0.2, -0.15) is 0 Å². The Hall–Kier alpha value is -1.06. The summed E-state index contributed by atoms with van der Waals surface area (Å²) in [5.41, 5.74) is -1.29. The SMILES string of the molecule is CCC(C)(C)NC(=O)CC(C)(C(=O)O)C(C)C. The Morgan fingerprint density at radius 3 is 2.00 bits per heavy atom. The minimum absolute atomic E-state index is 0.0173. The highest BCUT2D eigenvalue weighted by atomic mass is 16.4. The highest BCUT2D eigenvalue weighted by molar-refractivity contribution is 5.85. The average Bonchev–Trinajstić information content (AvgIpc) is 2.15. The second-order valence-corrected chi connectivity index (χ2v) is 5.84. The van der Waals surface area contributed by atoms with Gasteiger partial charge in [0.15, 0.2) is 0 Å². The Morgan fingerprint density at radius 2 is 1.71 bits per heavy atom. The van der Waals surface area contributed by atoms with E-state index in [2.05, 4.69) is 5.32 Å². The maximum Gasteiger partial charge on any atom is 0.310 e. The highest BCUT2D eigenvalue weighted by Crippen LogP contribution is 2.31. The van der Waals surface area contributed by atoms with Crippen molar-refractivity contribution in [3.63, 3.8) is 0 Å². The fourth-order valence-electron chi connectivity index (χ4n) is 1.37. The number of rotatable bonds is 6. The third kappa shape index (κ3) is 4.36. The van der Waals surface area contributed by atoms with Crippen molar-refractivity contribution in [2.75, 3.05) is 0 Å². The number of aliphatic carboxylic acids is 1. The molecule has 1 unspecified atom stereocenters. The predicted octanol–water partition coefficient (Wildman–Crippen LogP) is 2.43. The van der Waals surface area contributed by atoms with E-state index in [4.69, 9.17) is 0 Å². The molecule has 0 aromatic rings. The van der Waals surface area contributed by atoms with E-state index in [1.807, 2.05) is 34.6 Å². The number of nitrogens with one attached hydrogen (secondary N) is 1. The van der Waals surface area contributed by atoms with Gasteiger partial charge in [-0.3, -0.25) is 9.59 Å². The molecule has 0 saturated carbocycles. The topological polar surface area (TPSA) is 66.4 Å². The lowest BCUT2D eigenvalue weighted by Gasteiger charge is -2.31. The molecule has 1 atom stereocenters. The zero-order valence-corrected chi connectivity index (χ0v) is 11.8. The summed E-state index contributed by atoms with van der Waals surface area (Å²) < 4.78 is 0. The van der Waals surface area contributed by atoms with Gasteiger partial charge in [-0.25, -0.2) is 0 Å². The van der Waals surface area contributed by atoms with Gasteiger partial charge in [-0.05, 0) is 33.1 Å². The van der Waals surface area contributed by atoms with Crippen LogP contribution in [0.3, 0.4) is 0 Å². The van der Waals surface area contributed by atoms with Gasteiger partial charge in [0.25, 0.3) is 0 Å². The number of hydrogen-bond acceptors (Lipinski definition) is 2. The molecule has 0 spiro atoms. The summed E-state index contributed by atoms with van der Waals surface area (Å²) >= 11 is 0. The van der Waals surface area contributed by atoms with E-state index >= 15 is 0 Å². The quantitative estimate of drug-likeness (QED) is 0.753. The molecule has 100 valence electrons. The first-order valence-corrected chi connectivity index (χ1v) is 6.09. The molecule has 0 aliphatic carbocycles. The van der Waals surface area contributed by atoms with Crippen LogP contribution in [0.1, 0.15) is 54.4 Å². The first-order chi connectivity index (χ1) is 7.55. The molecule has 0 fully saturated rings. The maximum absolute atomic E-state index is 11.9. The first kappa shape index (κ1) is 15.9. The number of carboxylic acids is 1. The number of carbonyl (C=O) groups is 2. The van der Waals surface area contributed by atoms with Crippen LogP contribution in [0.25, 0.3) is 0 Å². The van der Waals surface area contributed by atoms with Crippen LogP contribution >= 0.6 is 0 Å². The van der Waals surface area contributed by atoms with E-state index < -0.39 is 11.4 Å². The lowest BCUT2D eigenvalue weighted by molar-refractivity contribution is -0.153. The van der Waals surface area contributed by atoms with Crippen molar-refractivity contribution < 1.29 is 14.7 Å².